The lowest BCUT2D eigenvalue weighted by molar-refractivity contribution is 0.360. The lowest BCUT2D eigenvalue weighted by Gasteiger charge is -2.08. The highest BCUT2D eigenvalue weighted by Gasteiger charge is 2.23. The molecule has 7 aromatic carbocycles. The number of hydrogen-bond donors (Lipinski definition) is 0. The molecule has 0 N–H and O–H groups in total. The molecule has 1 radical (unpaired) electrons. The molecule has 0 amide bonds. The van der Waals surface area contributed by atoms with Crippen LogP contribution >= 0.6 is 0 Å². The molecule has 0 fully saturated rings. The third-order valence-corrected chi connectivity index (χ3v) is 6.22. The standard InChI is InChI=1S/C26H13O/c27-21-13-12-19-15-7-1-3-8-16(15)22-20-11-5-10-17-14-6-2-4-9-18(14)24(23(17)20)26(21)25(19)22/h1-13H. The van der Waals surface area contributed by atoms with Gasteiger partial charge in [-0.1, -0.05) is 66.7 Å². The van der Waals surface area contributed by atoms with Gasteiger partial charge in [-0.3, -0.25) is 5.11 Å². The maximum atomic E-state index is 13.1. The molecule has 0 aliphatic carbocycles. The van der Waals surface area contributed by atoms with Crippen molar-refractivity contribution in [3.05, 3.63) is 78.9 Å². The van der Waals surface area contributed by atoms with E-state index in [1.54, 1.807) is 6.07 Å². The van der Waals surface area contributed by atoms with Crippen LogP contribution in [0.3, 0.4) is 0 Å². The van der Waals surface area contributed by atoms with Crippen molar-refractivity contribution in [1.29, 1.82) is 0 Å². The number of hydrogen-bond acceptors (Lipinski definition) is 0. The Hall–Kier alpha value is -3.58. The first-order chi connectivity index (χ1) is 13.3. The lowest BCUT2D eigenvalue weighted by atomic mass is 9.95. The highest BCUT2D eigenvalue weighted by Crippen LogP contribution is 2.51. The average Bonchev–Trinajstić information content (AvgIpc) is 3.22. The van der Waals surface area contributed by atoms with E-state index in [1.165, 1.54) is 48.5 Å². The van der Waals surface area contributed by atoms with Crippen LogP contribution in [-0.2, 0) is 5.11 Å². The Morgan fingerprint density at radius 3 is 1.41 bits per heavy atom. The van der Waals surface area contributed by atoms with E-state index in [0.29, 0.717) is 0 Å². The summed E-state index contributed by atoms with van der Waals surface area (Å²) in [4.78, 5) is 0. The molecule has 27 heavy (non-hydrogen) atoms. The van der Waals surface area contributed by atoms with Crippen LogP contribution in [0.4, 0.5) is 0 Å². The molecule has 0 spiro atoms. The van der Waals surface area contributed by atoms with Gasteiger partial charge in [-0.25, -0.2) is 0 Å². The van der Waals surface area contributed by atoms with Gasteiger partial charge < -0.3 is 0 Å². The Bertz CT molecular complexity index is 1670. The molecule has 0 saturated carbocycles. The van der Waals surface area contributed by atoms with Gasteiger partial charge in [-0.05, 0) is 60.6 Å². The zero-order valence-corrected chi connectivity index (χ0v) is 14.4. The van der Waals surface area contributed by atoms with Crippen molar-refractivity contribution in [2.75, 3.05) is 0 Å². The SMILES string of the molecule is [O]c1ccc2c3ccccc3c3c4cccc5c6ccccc6c(c1c23)c54. The summed E-state index contributed by atoms with van der Waals surface area (Å²) in [5.41, 5.74) is 0. The number of rotatable bonds is 0. The van der Waals surface area contributed by atoms with E-state index in [9.17, 15) is 5.11 Å². The van der Waals surface area contributed by atoms with Gasteiger partial charge in [-0.15, -0.1) is 0 Å². The molecular formula is C26H13O. The quantitative estimate of drug-likeness (QED) is 0.253. The molecule has 0 aliphatic rings. The van der Waals surface area contributed by atoms with Gasteiger partial charge in [0, 0.05) is 16.2 Å². The van der Waals surface area contributed by atoms with Crippen molar-refractivity contribution in [1.82, 2.24) is 0 Å². The second kappa shape index (κ2) is 4.39. The van der Waals surface area contributed by atoms with Crippen molar-refractivity contribution in [2.24, 2.45) is 0 Å². The average molecular weight is 341 g/mol. The molecule has 0 atom stereocenters. The van der Waals surface area contributed by atoms with Crippen LogP contribution in [0.1, 0.15) is 0 Å². The molecule has 7 aromatic rings. The minimum Gasteiger partial charge on any atom is -0.289 e. The zero-order valence-electron chi connectivity index (χ0n) is 14.4. The minimum absolute atomic E-state index is 0.117. The molecule has 0 aliphatic heterocycles. The van der Waals surface area contributed by atoms with Gasteiger partial charge >= 0.3 is 0 Å². The van der Waals surface area contributed by atoms with Crippen LogP contribution in [0.5, 0.6) is 5.75 Å². The predicted molar refractivity (Wildman–Crippen MR) is 114 cm³/mol. The number of fused-ring (bicyclic) bond motifs is 8. The smallest absolute Gasteiger partial charge is 0.187 e. The van der Waals surface area contributed by atoms with Crippen molar-refractivity contribution in [2.45, 2.75) is 0 Å². The monoisotopic (exact) mass is 341 g/mol. The Morgan fingerprint density at radius 2 is 0.778 bits per heavy atom. The summed E-state index contributed by atoms with van der Waals surface area (Å²) in [6.45, 7) is 0. The Kier molecular flexibility index (Phi) is 2.21. The largest absolute Gasteiger partial charge is 0.289 e. The summed E-state index contributed by atoms with van der Waals surface area (Å²) in [7, 11) is 0. The minimum atomic E-state index is 0.117. The van der Waals surface area contributed by atoms with E-state index in [4.69, 9.17) is 0 Å². The van der Waals surface area contributed by atoms with Crippen LogP contribution in [0.15, 0.2) is 78.9 Å². The van der Waals surface area contributed by atoms with E-state index < -0.39 is 0 Å². The summed E-state index contributed by atoms with van der Waals surface area (Å²) in [5.74, 6) is 0.117. The molecule has 0 heterocycles. The van der Waals surface area contributed by atoms with Gasteiger partial charge in [0.05, 0.1) is 0 Å². The molecular weight excluding hydrogens is 328 g/mol. The summed E-state index contributed by atoms with van der Waals surface area (Å²) < 4.78 is 0. The van der Waals surface area contributed by atoms with Gasteiger partial charge in [0.25, 0.3) is 0 Å². The Morgan fingerprint density at radius 1 is 0.333 bits per heavy atom. The maximum Gasteiger partial charge on any atom is 0.187 e. The van der Waals surface area contributed by atoms with Gasteiger partial charge in [0.2, 0.25) is 0 Å². The van der Waals surface area contributed by atoms with Crippen molar-refractivity contribution >= 4 is 64.6 Å². The summed E-state index contributed by atoms with van der Waals surface area (Å²) in [6, 6.07) is 27.3. The van der Waals surface area contributed by atoms with E-state index in [1.807, 2.05) is 6.07 Å². The van der Waals surface area contributed by atoms with Gasteiger partial charge in [-0.2, -0.15) is 0 Å². The third kappa shape index (κ3) is 1.41. The van der Waals surface area contributed by atoms with Crippen LogP contribution in [0, 0.1) is 0 Å². The van der Waals surface area contributed by atoms with Crippen molar-refractivity contribution in [3.63, 3.8) is 0 Å². The van der Waals surface area contributed by atoms with E-state index in [0.717, 1.165) is 16.2 Å². The van der Waals surface area contributed by atoms with Crippen LogP contribution < -0.4 is 0 Å². The fourth-order valence-corrected chi connectivity index (χ4v) is 5.25. The summed E-state index contributed by atoms with van der Waals surface area (Å²) >= 11 is 0. The molecule has 1 heteroatoms. The number of benzene rings is 5. The maximum absolute atomic E-state index is 13.1. The van der Waals surface area contributed by atoms with Gasteiger partial charge in [0.1, 0.15) is 0 Å². The third-order valence-electron chi connectivity index (χ3n) is 6.22. The predicted octanol–water partition coefficient (Wildman–Crippen LogP) is 7.63. The van der Waals surface area contributed by atoms with E-state index in [-0.39, 0.29) is 5.75 Å². The van der Waals surface area contributed by atoms with Crippen molar-refractivity contribution in [3.8, 4) is 5.75 Å². The van der Waals surface area contributed by atoms with E-state index >= 15 is 0 Å². The molecule has 123 valence electrons. The van der Waals surface area contributed by atoms with Crippen LogP contribution in [-0.4, -0.2) is 0 Å². The summed E-state index contributed by atoms with van der Waals surface area (Å²) in [6.07, 6.45) is 0. The highest BCUT2D eigenvalue weighted by atomic mass is 16.3. The normalized spacial score (nSPS) is 12.6. The van der Waals surface area contributed by atoms with Crippen LogP contribution in [0.25, 0.3) is 64.6 Å². The second-order valence-electron chi connectivity index (χ2n) is 7.43. The first-order valence-electron chi connectivity index (χ1n) is 9.26. The fourth-order valence-electron chi connectivity index (χ4n) is 5.25. The van der Waals surface area contributed by atoms with E-state index in [2.05, 4.69) is 66.7 Å². The Balaban J connectivity index is 2.03. The molecule has 0 aromatic heterocycles. The van der Waals surface area contributed by atoms with Gasteiger partial charge in [0.15, 0.2) is 5.75 Å². The topological polar surface area (TPSA) is 19.9 Å². The van der Waals surface area contributed by atoms with Crippen molar-refractivity contribution < 1.29 is 5.11 Å². The highest BCUT2D eigenvalue weighted by molar-refractivity contribution is 6.48. The first-order valence-corrected chi connectivity index (χ1v) is 9.26. The lowest BCUT2D eigenvalue weighted by Crippen LogP contribution is -1.80. The molecule has 1 nitrogen and oxygen atoms in total. The van der Waals surface area contributed by atoms with Crippen LogP contribution in [0.2, 0.25) is 0 Å². The first kappa shape index (κ1) is 13.6. The summed E-state index contributed by atoms with van der Waals surface area (Å²) in [5, 5.41) is 27.3. The molecule has 7 rings (SSSR count). The second-order valence-corrected chi connectivity index (χ2v) is 7.43. The fraction of sp³-hybridized carbons (Fsp3) is 0. The zero-order chi connectivity index (χ0) is 17.7. The molecule has 0 bridgehead atoms. The Labute approximate surface area is 154 Å². The molecule has 0 saturated heterocycles. The molecule has 0 unspecified atom stereocenters.